The number of hydrogen-bond acceptors (Lipinski definition) is 5. The van der Waals surface area contributed by atoms with E-state index in [9.17, 15) is 13.2 Å². The number of ether oxygens (including phenoxy) is 2. The van der Waals surface area contributed by atoms with Crippen LogP contribution < -0.4 is 10.1 Å². The molecule has 0 unspecified atom stereocenters. The summed E-state index contributed by atoms with van der Waals surface area (Å²) in [7, 11) is -0.358. The molecule has 1 aliphatic rings. The molecular formula is C17H26N2O5S. The van der Waals surface area contributed by atoms with E-state index in [0.29, 0.717) is 31.1 Å². The van der Waals surface area contributed by atoms with Gasteiger partial charge in [-0.2, -0.15) is 0 Å². The Morgan fingerprint density at radius 1 is 1.32 bits per heavy atom. The topological polar surface area (TPSA) is 84.9 Å². The van der Waals surface area contributed by atoms with Crippen molar-refractivity contribution < 1.29 is 22.7 Å². The highest BCUT2D eigenvalue weighted by atomic mass is 32.2. The Labute approximate surface area is 149 Å². The first kappa shape index (κ1) is 19.7. The molecule has 1 fully saturated rings. The lowest BCUT2D eigenvalue weighted by molar-refractivity contribution is 0.0922. The summed E-state index contributed by atoms with van der Waals surface area (Å²) in [5.41, 5.74) is 0.442. The van der Waals surface area contributed by atoms with Gasteiger partial charge in [-0.15, -0.1) is 0 Å². The zero-order valence-corrected chi connectivity index (χ0v) is 15.7. The molecule has 2 rings (SSSR count). The lowest BCUT2D eigenvalue weighted by Gasteiger charge is -2.21. The van der Waals surface area contributed by atoms with Crippen LogP contribution in [-0.4, -0.2) is 64.3 Å². The molecule has 1 aliphatic heterocycles. The Balaban J connectivity index is 2.07. The number of benzene rings is 1. The maximum atomic E-state index is 12.6. The van der Waals surface area contributed by atoms with Gasteiger partial charge in [-0.25, -0.2) is 12.7 Å². The summed E-state index contributed by atoms with van der Waals surface area (Å²) < 4.78 is 36.4. The van der Waals surface area contributed by atoms with Crippen molar-refractivity contribution in [2.75, 3.05) is 39.7 Å². The Hall–Kier alpha value is -1.64. The first-order chi connectivity index (χ1) is 11.8. The SMILES string of the molecule is CCCOc1ccccc1C(=O)N[C@@H]1COC[C@H]1CS(=O)(=O)N(C)C. The Kier molecular flexibility index (Phi) is 6.80. The van der Waals surface area contributed by atoms with Gasteiger partial charge in [-0.1, -0.05) is 19.1 Å². The molecule has 0 bridgehead atoms. The van der Waals surface area contributed by atoms with Crippen molar-refractivity contribution in [3.63, 3.8) is 0 Å². The fourth-order valence-corrected chi connectivity index (χ4v) is 3.75. The fourth-order valence-electron chi connectivity index (χ4n) is 2.58. The van der Waals surface area contributed by atoms with Gasteiger partial charge in [0.2, 0.25) is 10.0 Å². The maximum Gasteiger partial charge on any atom is 0.255 e. The lowest BCUT2D eigenvalue weighted by Crippen LogP contribution is -2.43. The van der Waals surface area contributed by atoms with Gasteiger partial charge in [-0.05, 0) is 18.6 Å². The highest BCUT2D eigenvalue weighted by Gasteiger charge is 2.34. The molecule has 0 radical (unpaired) electrons. The molecule has 0 aliphatic carbocycles. The number of nitrogens with zero attached hydrogens (tertiary/aromatic N) is 1. The summed E-state index contributed by atoms with van der Waals surface area (Å²) in [4.78, 5) is 12.6. The lowest BCUT2D eigenvalue weighted by atomic mass is 10.1. The molecule has 140 valence electrons. The van der Waals surface area contributed by atoms with Gasteiger partial charge in [0.05, 0.1) is 37.2 Å². The number of sulfonamides is 1. The van der Waals surface area contributed by atoms with Crippen LogP contribution >= 0.6 is 0 Å². The van der Waals surface area contributed by atoms with E-state index in [1.165, 1.54) is 18.4 Å². The van der Waals surface area contributed by atoms with E-state index in [1.807, 2.05) is 13.0 Å². The van der Waals surface area contributed by atoms with Gasteiger partial charge in [-0.3, -0.25) is 4.79 Å². The summed E-state index contributed by atoms with van der Waals surface area (Å²) in [6.45, 7) is 3.14. The molecule has 2 atom stereocenters. The molecule has 1 saturated heterocycles. The normalized spacial score (nSPS) is 20.6. The van der Waals surface area contributed by atoms with Crippen molar-refractivity contribution in [1.29, 1.82) is 0 Å². The van der Waals surface area contributed by atoms with Crippen molar-refractivity contribution in [3.8, 4) is 5.75 Å². The van der Waals surface area contributed by atoms with Crippen LogP contribution in [0.15, 0.2) is 24.3 Å². The monoisotopic (exact) mass is 370 g/mol. The molecule has 1 aromatic carbocycles. The molecule has 7 nitrogen and oxygen atoms in total. The second kappa shape index (κ2) is 8.64. The highest BCUT2D eigenvalue weighted by molar-refractivity contribution is 7.89. The van der Waals surface area contributed by atoms with Crippen LogP contribution in [0, 0.1) is 5.92 Å². The van der Waals surface area contributed by atoms with Crippen molar-refractivity contribution in [2.45, 2.75) is 19.4 Å². The third-order valence-corrected chi connectivity index (χ3v) is 6.05. The van der Waals surface area contributed by atoms with E-state index in [0.717, 1.165) is 6.42 Å². The van der Waals surface area contributed by atoms with E-state index in [2.05, 4.69) is 5.32 Å². The minimum atomic E-state index is -3.36. The van der Waals surface area contributed by atoms with E-state index < -0.39 is 10.0 Å². The molecular weight excluding hydrogens is 344 g/mol. The number of amides is 1. The summed E-state index contributed by atoms with van der Waals surface area (Å²) in [5.74, 6) is -0.0911. The number of hydrogen-bond donors (Lipinski definition) is 1. The van der Waals surface area contributed by atoms with Gasteiger partial charge < -0.3 is 14.8 Å². The maximum absolute atomic E-state index is 12.6. The van der Waals surface area contributed by atoms with Gasteiger partial charge in [0.1, 0.15) is 5.75 Å². The van der Waals surface area contributed by atoms with Crippen LogP contribution in [0.1, 0.15) is 23.7 Å². The van der Waals surface area contributed by atoms with Crippen molar-refractivity contribution in [2.24, 2.45) is 5.92 Å². The molecule has 0 aromatic heterocycles. The van der Waals surface area contributed by atoms with E-state index in [4.69, 9.17) is 9.47 Å². The highest BCUT2D eigenvalue weighted by Crippen LogP contribution is 2.21. The number of nitrogens with one attached hydrogen (secondary N) is 1. The predicted octanol–water partition coefficient (Wildman–Crippen LogP) is 1.11. The van der Waals surface area contributed by atoms with E-state index in [-0.39, 0.29) is 23.6 Å². The smallest absolute Gasteiger partial charge is 0.255 e. The summed E-state index contributed by atoms with van der Waals surface area (Å²) in [6.07, 6.45) is 0.844. The third kappa shape index (κ3) is 5.17. The second-order valence-electron chi connectivity index (χ2n) is 6.28. The van der Waals surface area contributed by atoms with Crippen LogP contribution in [0.5, 0.6) is 5.75 Å². The third-order valence-electron chi connectivity index (χ3n) is 4.09. The average molecular weight is 370 g/mol. The second-order valence-corrected chi connectivity index (χ2v) is 8.51. The van der Waals surface area contributed by atoms with Crippen LogP contribution in [0.4, 0.5) is 0 Å². The summed E-state index contributed by atoms with van der Waals surface area (Å²) in [6, 6.07) is 6.69. The minimum Gasteiger partial charge on any atom is -0.493 e. The van der Waals surface area contributed by atoms with Crippen LogP contribution in [-0.2, 0) is 14.8 Å². The van der Waals surface area contributed by atoms with Crippen molar-refractivity contribution in [3.05, 3.63) is 29.8 Å². The van der Waals surface area contributed by atoms with Gasteiger partial charge in [0.15, 0.2) is 0 Å². The molecule has 25 heavy (non-hydrogen) atoms. The Bertz CT molecular complexity index is 690. The van der Waals surface area contributed by atoms with Gasteiger partial charge in [0.25, 0.3) is 5.91 Å². The number of carbonyl (C=O) groups is 1. The molecule has 8 heteroatoms. The van der Waals surface area contributed by atoms with Gasteiger partial charge in [0, 0.05) is 20.0 Å². The number of para-hydroxylation sites is 1. The summed E-state index contributed by atoms with van der Waals surface area (Å²) in [5, 5.41) is 2.90. The van der Waals surface area contributed by atoms with E-state index >= 15 is 0 Å². The standard InChI is InChI=1S/C17H26N2O5S/c1-4-9-24-16-8-6-5-7-14(16)17(20)18-15-11-23-10-13(15)12-25(21,22)19(2)3/h5-8,13,15H,4,9-12H2,1-3H3,(H,18,20)/t13-,15+/m0/s1. The molecule has 1 heterocycles. The van der Waals surface area contributed by atoms with Crippen LogP contribution in [0.3, 0.4) is 0 Å². The first-order valence-electron chi connectivity index (χ1n) is 8.35. The average Bonchev–Trinajstić information content (AvgIpc) is 2.99. The molecule has 1 aromatic rings. The molecule has 1 amide bonds. The number of carbonyl (C=O) groups excluding carboxylic acids is 1. The predicted molar refractivity (Wildman–Crippen MR) is 95.3 cm³/mol. The van der Waals surface area contributed by atoms with Crippen molar-refractivity contribution in [1.82, 2.24) is 9.62 Å². The minimum absolute atomic E-state index is 0.0566. The molecule has 0 saturated carbocycles. The molecule has 1 N–H and O–H groups in total. The zero-order valence-electron chi connectivity index (χ0n) is 14.9. The number of rotatable bonds is 8. The van der Waals surface area contributed by atoms with E-state index in [1.54, 1.807) is 18.2 Å². The Morgan fingerprint density at radius 3 is 2.72 bits per heavy atom. The quantitative estimate of drug-likeness (QED) is 0.741. The summed E-state index contributed by atoms with van der Waals surface area (Å²) >= 11 is 0. The zero-order chi connectivity index (χ0) is 18.4. The molecule has 0 spiro atoms. The van der Waals surface area contributed by atoms with Crippen molar-refractivity contribution >= 4 is 15.9 Å². The van der Waals surface area contributed by atoms with Crippen LogP contribution in [0.25, 0.3) is 0 Å². The fraction of sp³-hybridized carbons (Fsp3) is 0.588. The van der Waals surface area contributed by atoms with Crippen LogP contribution in [0.2, 0.25) is 0 Å². The van der Waals surface area contributed by atoms with Gasteiger partial charge >= 0.3 is 0 Å². The first-order valence-corrected chi connectivity index (χ1v) is 9.96. The largest absolute Gasteiger partial charge is 0.493 e. The Morgan fingerprint density at radius 2 is 2.04 bits per heavy atom.